The van der Waals surface area contributed by atoms with Gasteiger partial charge < -0.3 is 5.32 Å². The van der Waals surface area contributed by atoms with Crippen molar-refractivity contribution in [2.75, 3.05) is 26.2 Å². The van der Waals surface area contributed by atoms with Crippen molar-refractivity contribution in [3.05, 3.63) is 34.1 Å². The molecule has 1 unspecified atom stereocenters. The smallest absolute Gasteiger partial charge is 0.129 e. The Morgan fingerprint density at radius 2 is 2.06 bits per heavy atom. The summed E-state index contributed by atoms with van der Waals surface area (Å²) in [6.45, 7) is 6.01. The maximum atomic E-state index is 13.8. The maximum Gasteiger partial charge on any atom is 0.129 e. The molecule has 88 valence electrons. The second-order valence-electron chi connectivity index (χ2n) is 4.13. The van der Waals surface area contributed by atoms with Crippen LogP contribution in [0.4, 0.5) is 4.39 Å². The topological polar surface area (TPSA) is 15.3 Å². The van der Waals surface area contributed by atoms with E-state index in [1.165, 1.54) is 6.07 Å². The summed E-state index contributed by atoms with van der Waals surface area (Å²) in [6, 6.07) is 5.45. The summed E-state index contributed by atoms with van der Waals surface area (Å²) >= 11 is 3.28. The van der Waals surface area contributed by atoms with E-state index in [1.54, 1.807) is 0 Å². The summed E-state index contributed by atoms with van der Waals surface area (Å²) < 4.78 is 14.6. The first-order chi connectivity index (χ1) is 7.68. The molecular weight excluding hydrogens is 271 g/mol. The third-order valence-electron chi connectivity index (χ3n) is 3.11. The van der Waals surface area contributed by atoms with Crippen LogP contribution >= 0.6 is 15.9 Å². The number of nitrogens with one attached hydrogen (secondary N) is 1. The molecule has 1 aromatic rings. The van der Waals surface area contributed by atoms with Crippen LogP contribution in [0.5, 0.6) is 0 Å². The Hall–Kier alpha value is -0.450. The molecule has 1 heterocycles. The van der Waals surface area contributed by atoms with Gasteiger partial charge in [0.15, 0.2) is 0 Å². The van der Waals surface area contributed by atoms with E-state index < -0.39 is 0 Å². The monoisotopic (exact) mass is 286 g/mol. The van der Waals surface area contributed by atoms with Gasteiger partial charge in [-0.2, -0.15) is 0 Å². The van der Waals surface area contributed by atoms with Crippen molar-refractivity contribution in [1.29, 1.82) is 0 Å². The van der Waals surface area contributed by atoms with Crippen LogP contribution in [-0.2, 0) is 0 Å². The zero-order chi connectivity index (χ0) is 11.5. The Labute approximate surface area is 104 Å². The number of nitrogens with zero attached hydrogens (tertiary/aromatic N) is 1. The van der Waals surface area contributed by atoms with E-state index in [2.05, 4.69) is 33.1 Å². The molecule has 0 aromatic heterocycles. The molecule has 1 atom stereocenters. The molecule has 0 radical (unpaired) electrons. The second kappa shape index (κ2) is 5.25. The van der Waals surface area contributed by atoms with Crippen molar-refractivity contribution in [2.24, 2.45) is 0 Å². The minimum atomic E-state index is -0.125. The van der Waals surface area contributed by atoms with Crippen LogP contribution < -0.4 is 5.32 Å². The van der Waals surface area contributed by atoms with Gasteiger partial charge in [0, 0.05) is 42.3 Å². The van der Waals surface area contributed by atoms with Crippen LogP contribution in [0.3, 0.4) is 0 Å². The lowest BCUT2D eigenvalue weighted by Gasteiger charge is -2.33. The van der Waals surface area contributed by atoms with Crippen LogP contribution in [-0.4, -0.2) is 31.1 Å². The van der Waals surface area contributed by atoms with Crippen molar-refractivity contribution < 1.29 is 4.39 Å². The fourth-order valence-corrected chi connectivity index (χ4v) is 2.44. The lowest BCUT2D eigenvalue weighted by atomic mass is 10.1. The van der Waals surface area contributed by atoms with Crippen LogP contribution in [0, 0.1) is 5.82 Å². The zero-order valence-corrected chi connectivity index (χ0v) is 10.9. The molecule has 0 bridgehead atoms. The predicted molar refractivity (Wildman–Crippen MR) is 67.0 cm³/mol. The molecule has 2 nitrogen and oxygen atoms in total. The number of benzene rings is 1. The standard InChI is InChI=1S/C12H16BrFN2/c1-9(16-6-4-15-5-7-16)11-3-2-10(13)8-12(11)14/h2-3,8-9,15H,4-7H2,1H3. The largest absolute Gasteiger partial charge is 0.314 e. The van der Waals surface area contributed by atoms with Crippen molar-refractivity contribution in [1.82, 2.24) is 10.2 Å². The van der Waals surface area contributed by atoms with Crippen molar-refractivity contribution in [3.8, 4) is 0 Å². The summed E-state index contributed by atoms with van der Waals surface area (Å²) in [4.78, 5) is 2.31. The molecule has 0 spiro atoms. The van der Waals surface area contributed by atoms with Gasteiger partial charge in [-0.05, 0) is 19.1 Å². The van der Waals surface area contributed by atoms with Crippen molar-refractivity contribution in [3.63, 3.8) is 0 Å². The second-order valence-corrected chi connectivity index (χ2v) is 5.04. The third kappa shape index (κ3) is 2.62. The lowest BCUT2D eigenvalue weighted by Crippen LogP contribution is -2.44. The summed E-state index contributed by atoms with van der Waals surface area (Å²) in [7, 11) is 0. The molecule has 1 aliphatic heterocycles. The predicted octanol–water partition coefficient (Wildman–Crippen LogP) is 2.55. The minimum Gasteiger partial charge on any atom is -0.314 e. The molecule has 2 rings (SSSR count). The number of rotatable bonds is 2. The fourth-order valence-electron chi connectivity index (χ4n) is 2.11. The average molecular weight is 287 g/mol. The molecule has 0 saturated carbocycles. The Bertz CT molecular complexity index is 364. The van der Waals surface area contributed by atoms with Crippen LogP contribution in [0.1, 0.15) is 18.5 Å². The Morgan fingerprint density at radius 1 is 1.38 bits per heavy atom. The highest BCUT2D eigenvalue weighted by atomic mass is 79.9. The summed E-state index contributed by atoms with van der Waals surface area (Å²) in [5.41, 5.74) is 0.783. The van der Waals surface area contributed by atoms with Gasteiger partial charge >= 0.3 is 0 Å². The zero-order valence-electron chi connectivity index (χ0n) is 9.34. The van der Waals surface area contributed by atoms with E-state index in [1.807, 2.05) is 12.1 Å². The Balaban J connectivity index is 2.15. The first-order valence-electron chi connectivity index (χ1n) is 5.58. The normalized spacial score (nSPS) is 19.7. The van der Waals surface area contributed by atoms with Gasteiger partial charge in [-0.1, -0.05) is 22.0 Å². The lowest BCUT2D eigenvalue weighted by molar-refractivity contribution is 0.182. The van der Waals surface area contributed by atoms with Crippen molar-refractivity contribution in [2.45, 2.75) is 13.0 Å². The fraction of sp³-hybridized carbons (Fsp3) is 0.500. The van der Waals surface area contributed by atoms with Gasteiger partial charge in [0.2, 0.25) is 0 Å². The number of piperazine rings is 1. The number of halogens is 2. The van der Waals surface area contributed by atoms with E-state index in [0.29, 0.717) is 0 Å². The molecule has 4 heteroatoms. The third-order valence-corrected chi connectivity index (χ3v) is 3.61. The average Bonchev–Trinajstić information content (AvgIpc) is 2.29. The highest BCUT2D eigenvalue weighted by molar-refractivity contribution is 9.10. The van der Waals surface area contributed by atoms with Crippen LogP contribution in [0.15, 0.2) is 22.7 Å². The van der Waals surface area contributed by atoms with Gasteiger partial charge in [0.05, 0.1) is 0 Å². The first-order valence-corrected chi connectivity index (χ1v) is 6.37. The van der Waals surface area contributed by atoms with Crippen LogP contribution in [0.2, 0.25) is 0 Å². The minimum absolute atomic E-state index is 0.125. The van der Waals surface area contributed by atoms with Crippen molar-refractivity contribution >= 4 is 15.9 Å². The molecule has 16 heavy (non-hydrogen) atoms. The number of hydrogen-bond donors (Lipinski definition) is 1. The molecule has 0 amide bonds. The SMILES string of the molecule is CC(c1ccc(Br)cc1F)N1CCNCC1. The van der Waals surface area contributed by atoms with E-state index in [0.717, 1.165) is 36.2 Å². The van der Waals surface area contributed by atoms with Gasteiger partial charge in [0.25, 0.3) is 0 Å². The van der Waals surface area contributed by atoms with Gasteiger partial charge in [-0.3, -0.25) is 4.90 Å². The molecule has 1 aromatic carbocycles. The van der Waals surface area contributed by atoms with E-state index in [-0.39, 0.29) is 11.9 Å². The quantitative estimate of drug-likeness (QED) is 0.899. The summed E-state index contributed by atoms with van der Waals surface area (Å²) in [5, 5.41) is 3.30. The molecule has 1 N–H and O–H groups in total. The molecule has 1 saturated heterocycles. The number of hydrogen-bond acceptors (Lipinski definition) is 2. The van der Waals surface area contributed by atoms with E-state index >= 15 is 0 Å². The molecule has 0 aliphatic carbocycles. The van der Waals surface area contributed by atoms with E-state index in [9.17, 15) is 4.39 Å². The Morgan fingerprint density at radius 3 is 2.69 bits per heavy atom. The molecular formula is C12H16BrFN2. The highest BCUT2D eigenvalue weighted by Crippen LogP contribution is 2.25. The molecule has 1 fully saturated rings. The Kier molecular flexibility index (Phi) is 3.95. The van der Waals surface area contributed by atoms with Gasteiger partial charge in [0.1, 0.15) is 5.82 Å². The summed E-state index contributed by atoms with van der Waals surface area (Å²) in [6.07, 6.45) is 0. The van der Waals surface area contributed by atoms with E-state index in [4.69, 9.17) is 0 Å². The highest BCUT2D eigenvalue weighted by Gasteiger charge is 2.20. The first kappa shape index (κ1) is 12.0. The summed E-state index contributed by atoms with van der Waals surface area (Å²) in [5.74, 6) is -0.125. The van der Waals surface area contributed by atoms with Gasteiger partial charge in [-0.25, -0.2) is 4.39 Å². The molecule has 1 aliphatic rings. The van der Waals surface area contributed by atoms with Gasteiger partial charge in [-0.15, -0.1) is 0 Å². The maximum absolute atomic E-state index is 13.8. The van der Waals surface area contributed by atoms with Crippen LogP contribution in [0.25, 0.3) is 0 Å².